The lowest BCUT2D eigenvalue weighted by atomic mass is 10.3. The van der Waals surface area contributed by atoms with Gasteiger partial charge in [0.1, 0.15) is 0 Å². The molecule has 2 unspecified atom stereocenters. The summed E-state index contributed by atoms with van der Waals surface area (Å²) >= 11 is 0. The van der Waals surface area contributed by atoms with Gasteiger partial charge < -0.3 is 20.1 Å². The number of unbranched alkanes of at least 4 members (excludes halogenated alkanes) is 1. The summed E-state index contributed by atoms with van der Waals surface area (Å²) in [6.07, 6.45) is 0.412. The minimum absolute atomic E-state index is 0.0622. The molecule has 150 valence electrons. The van der Waals surface area contributed by atoms with Crippen LogP contribution in [0.2, 0.25) is 0 Å². The molecule has 0 aromatic heterocycles. The van der Waals surface area contributed by atoms with Crippen LogP contribution in [0, 0.1) is 0 Å². The molecule has 0 saturated carbocycles. The van der Waals surface area contributed by atoms with Crippen LogP contribution in [0.15, 0.2) is 0 Å². The third-order valence-corrected chi connectivity index (χ3v) is 7.65. The molecule has 0 aromatic carbocycles. The van der Waals surface area contributed by atoms with Crippen LogP contribution in [0.3, 0.4) is 0 Å². The predicted octanol–water partition coefficient (Wildman–Crippen LogP) is -0.407. The summed E-state index contributed by atoms with van der Waals surface area (Å²) < 4.78 is 55.0. The first-order valence-electron chi connectivity index (χ1n) is 8.43. The minimum atomic E-state index is -3.06. The highest BCUT2D eigenvalue weighted by molar-refractivity contribution is 7.91. The van der Waals surface area contributed by atoms with Crippen LogP contribution in [0.4, 0.5) is 9.59 Å². The lowest BCUT2D eigenvalue weighted by molar-refractivity contribution is 0.125. The Morgan fingerprint density at radius 3 is 1.46 bits per heavy atom. The Morgan fingerprint density at radius 2 is 1.15 bits per heavy atom. The van der Waals surface area contributed by atoms with Crippen molar-refractivity contribution < 1.29 is 35.9 Å². The number of rotatable bonds is 7. The molecule has 2 aliphatic rings. The van der Waals surface area contributed by atoms with Gasteiger partial charge in [0.25, 0.3) is 0 Å². The highest BCUT2D eigenvalue weighted by atomic mass is 32.2. The van der Waals surface area contributed by atoms with Crippen molar-refractivity contribution in [3.63, 3.8) is 0 Å². The Hall–Kier alpha value is -1.56. The number of hydrogen-bond donors (Lipinski definition) is 2. The standard InChI is InChI=1S/C14H24N2O8S2/c17-13(15-11-3-7-25(19,20)9-11)23-5-1-2-6-24-14(18)16-12-4-8-26(21,22)10-12/h11-12H,1-10H2,(H,15,17)(H,16,18). The molecule has 0 aliphatic carbocycles. The van der Waals surface area contributed by atoms with Crippen LogP contribution in [-0.2, 0) is 29.1 Å². The van der Waals surface area contributed by atoms with Gasteiger partial charge in [-0.3, -0.25) is 0 Å². The second kappa shape index (κ2) is 8.89. The molecule has 2 saturated heterocycles. The molecule has 2 rings (SSSR count). The van der Waals surface area contributed by atoms with Crippen molar-refractivity contribution in [3.8, 4) is 0 Å². The Morgan fingerprint density at radius 1 is 0.769 bits per heavy atom. The number of ether oxygens (including phenoxy) is 2. The van der Waals surface area contributed by atoms with Crippen LogP contribution in [0.5, 0.6) is 0 Å². The van der Waals surface area contributed by atoms with Gasteiger partial charge in [-0.25, -0.2) is 26.4 Å². The summed E-state index contributed by atoms with van der Waals surface area (Å²) in [7, 11) is -6.11. The van der Waals surface area contributed by atoms with Crippen molar-refractivity contribution in [1.29, 1.82) is 0 Å². The number of hydrogen-bond acceptors (Lipinski definition) is 8. The highest BCUT2D eigenvalue weighted by Gasteiger charge is 2.30. The second-order valence-corrected chi connectivity index (χ2v) is 10.9. The maximum absolute atomic E-state index is 11.5. The van der Waals surface area contributed by atoms with E-state index in [1.165, 1.54) is 0 Å². The van der Waals surface area contributed by atoms with E-state index in [-0.39, 0.29) is 36.2 Å². The third kappa shape index (κ3) is 7.36. The van der Waals surface area contributed by atoms with Crippen LogP contribution >= 0.6 is 0 Å². The van der Waals surface area contributed by atoms with Crippen LogP contribution in [0.25, 0.3) is 0 Å². The average molecular weight is 412 g/mol. The van der Waals surface area contributed by atoms with Gasteiger partial charge in [-0.2, -0.15) is 0 Å². The van der Waals surface area contributed by atoms with Crippen LogP contribution in [-0.4, -0.2) is 77.3 Å². The molecule has 0 bridgehead atoms. The lowest BCUT2D eigenvalue weighted by Gasteiger charge is -2.12. The van der Waals surface area contributed by atoms with Gasteiger partial charge in [-0.15, -0.1) is 0 Å². The molecular formula is C14H24N2O8S2. The quantitative estimate of drug-likeness (QED) is 0.537. The van der Waals surface area contributed by atoms with E-state index < -0.39 is 43.9 Å². The van der Waals surface area contributed by atoms with E-state index in [4.69, 9.17) is 9.47 Å². The van der Waals surface area contributed by atoms with E-state index in [9.17, 15) is 26.4 Å². The number of alkyl carbamates (subject to hydrolysis) is 2. The van der Waals surface area contributed by atoms with Crippen molar-refractivity contribution in [2.24, 2.45) is 0 Å². The molecule has 0 aromatic rings. The van der Waals surface area contributed by atoms with Gasteiger partial charge in [-0.05, 0) is 25.7 Å². The molecule has 0 spiro atoms. The molecule has 2 N–H and O–H groups in total. The highest BCUT2D eigenvalue weighted by Crippen LogP contribution is 2.12. The maximum atomic E-state index is 11.5. The Labute approximate surface area is 152 Å². The number of nitrogens with one attached hydrogen (secondary N) is 2. The third-order valence-electron chi connectivity index (χ3n) is 4.11. The van der Waals surface area contributed by atoms with Gasteiger partial charge in [0.15, 0.2) is 19.7 Å². The van der Waals surface area contributed by atoms with E-state index in [2.05, 4.69) is 10.6 Å². The zero-order valence-corrected chi connectivity index (χ0v) is 15.9. The molecule has 2 heterocycles. The SMILES string of the molecule is O=C(NC1CCS(=O)(=O)C1)OCCCCOC(=O)NC1CCS(=O)(=O)C1. The predicted molar refractivity (Wildman–Crippen MR) is 92.3 cm³/mol. The van der Waals surface area contributed by atoms with E-state index in [0.29, 0.717) is 25.7 Å². The van der Waals surface area contributed by atoms with E-state index in [1.54, 1.807) is 0 Å². The van der Waals surface area contributed by atoms with Crippen molar-refractivity contribution in [1.82, 2.24) is 10.6 Å². The second-order valence-electron chi connectivity index (χ2n) is 6.47. The fraction of sp³-hybridized carbons (Fsp3) is 0.857. The number of carbonyl (C=O) groups is 2. The van der Waals surface area contributed by atoms with Gasteiger partial charge in [-0.1, -0.05) is 0 Å². The number of amides is 2. The fourth-order valence-corrected chi connectivity index (χ4v) is 6.11. The molecule has 2 amide bonds. The first-order chi connectivity index (χ1) is 12.2. The molecule has 12 heteroatoms. The molecular weight excluding hydrogens is 388 g/mol. The van der Waals surface area contributed by atoms with Crippen LogP contribution < -0.4 is 10.6 Å². The zero-order valence-electron chi connectivity index (χ0n) is 14.3. The summed E-state index contributed by atoms with van der Waals surface area (Å²) in [4.78, 5) is 23.0. The van der Waals surface area contributed by atoms with Gasteiger partial charge >= 0.3 is 12.2 Å². The van der Waals surface area contributed by atoms with E-state index in [1.807, 2.05) is 0 Å². The van der Waals surface area contributed by atoms with Crippen LogP contribution in [0.1, 0.15) is 25.7 Å². The summed E-state index contributed by atoms with van der Waals surface area (Å²) in [5.74, 6) is 0.0228. The monoisotopic (exact) mass is 412 g/mol. The van der Waals surface area contributed by atoms with Gasteiger partial charge in [0, 0.05) is 12.1 Å². The normalized spacial score (nSPS) is 26.2. The summed E-state index contributed by atoms with van der Waals surface area (Å²) in [5.41, 5.74) is 0. The first-order valence-corrected chi connectivity index (χ1v) is 12.1. The number of carbonyl (C=O) groups excluding carboxylic acids is 2. The molecule has 0 radical (unpaired) electrons. The Bertz CT molecular complexity index is 657. The topological polar surface area (TPSA) is 145 Å². The zero-order chi connectivity index (χ0) is 19.2. The Balaban J connectivity index is 1.47. The van der Waals surface area contributed by atoms with Crippen molar-refractivity contribution in [2.45, 2.75) is 37.8 Å². The lowest BCUT2D eigenvalue weighted by Crippen LogP contribution is -2.36. The van der Waals surface area contributed by atoms with Crippen molar-refractivity contribution >= 4 is 31.9 Å². The van der Waals surface area contributed by atoms with Crippen molar-refractivity contribution in [3.05, 3.63) is 0 Å². The molecule has 2 aliphatic heterocycles. The van der Waals surface area contributed by atoms with E-state index >= 15 is 0 Å². The summed E-state index contributed by atoms with van der Waals surface area (Å²) in [6, 6.07) is -0.808. The Kier molecular flexibility index (Phi) is 7.09. The van der Waals surface area contributed by atoms with Gasteiger partial charge in [0.2, 0.25) is 0 Å². The van der Waals surface area contributed by atoms with Gasteiger partial charge in [0.05, 0.1) is 36.2 Å². The molecule has 26 heavy (non-hydrogen) atoms. The molecule has 2 fully saturated rings. The average Bonchev–Trinajstić information content (AvgIpc) is 3.04. The minimum Gasteiger partial charge on any atom is -0.450 e. The largest absolute Gasteiger partial charge is 0.450 e. The molecule has 10 nitrogen and oxygen atoms in total. The van der Waals surface area contributed by atoms with E-state index in [0.717, 1.165) is 0 Å². The smallest absolute Gasteiger partial charge is 0.407 e. The fourth-order valence-electron chi connectivity index (χ4n) is 2.77. The summed E-state index contributed by atoms with van der Waals surface area (Å²) in [5, 5.41) is 5.01. The number of sulfone groups is 2. The molecule has 2 atom stereocenters. The van der Waals surface area contributed by atoms with Crippen molar-refractivity contribution in [2.75, 3.05) is 36.2 Å². The summed E-state index contributed by atoms with van der Waals surface area (Å²) in [6.45, 7) is 0.244. The maximum Gasteiger partial charge on any atom is 0.407 e. The first kappa shape index (κ1) is 20.7.